The molecule has 1 aromatic heterocycles. The maximum Gasteiger partial charge on any atom is 0.251 e. The first kappa shape index (κ1) is 15.5. The van der Waals surface area contributed by atoms with E-state index in [0.29, 0.717) is 25.1 Å². The van der Waals surface area contributed by atoms with Crippen molar-refractivity contribution in [1.82, 2.24) is 10.3 Å². The fourth-order valence-electron chi connectivity index (χ4n) is 2.86. The third kappa shape index (κ3) is 3.51. The summed E-state index contributed by atoms with van der Waals surface area (Å²) in [6.07, 6.45) is 1.43. The first-order valence-corrected chi connectivity index (χ1v) is 7.88. The first-order valence-electron chi connectivity index (χ1n) is 7.88. The number of benzene rings is 1. The number of fused-ring (bicyclic) bond motifs is 1. The minimum atomic E-state index is -0.256. The lowest BCUT2D eigenvalue weighted by Gasteiger charge is -2.26. The molecule has 1 amide bonds. The summed E-state index contributed by atoms with van der Waals surface area (Å²) >= 11 is 0. The van der Waals surface area contributed by atoms with Gasteiger partial charge in [-0.1, -0.05) is 31.2 Å². The molecule has 0 aliphatic carbocycles. The van der Waals surface area contributed by atoms with Crippen molar-refractivity contribution in [2.75, 3.05) is 13.2 Å². The van der Waals surface area contributed by atoms with Crippen LogP contribution >= 0.6 is 0 Å². The van der Waals surface area contributed by atoms with Crippen LogP contribution in [0.3, 0.4) is 0 Å². The summed E-state index contributed by atoms with van der Waals surface area (Å²) in [7, 11) is 0. The Bertz CT molecular complexity index is 767. The molecule has 5 nitrogen and oxygen atoms in total. The fraction of sp³-hybridized carbons (Fsp3) is 0.333. The summed E-state index contributed by atoms with van der Waals surface area (Å²) in [5, 5.41) is 2.87. The standard InChI is InChI=1S/C18H20N2O3/c1-2-14-9-13(10-17(21)20-14)18(22)19-11-16-15-6-4-3-5-12(15)7-8-23-16/h3-6,9-10,16H,2,7-8,11H2,1H3,(H,19,22)(H,20,21). The Morgan fingerprint density at radius 3 is 3.00 bits per heavy atom. The van der Waals surface area contributed by atoms with E-state index in [1.165, 1.54) is 11.6 Å². The smallest absolute Gasteiger partial charge is 0.251 e. The molecule has 0 bridgehead atoms. The molecule has 2 aromatic rings. The zero-order valence-corrected chi connectivity index (χ0v) is 13.1. The number of nitrogens with one attached hydrogen (secondary N) is 2. The minimum absolute atomic E-state index is 0.142. The van der Waals surface area contributed by atoms with Gasteiger partial charge in [0.2, 0.25) is 5.56 Å². The second kappa shape index (κ2) is 6.79. The highest BCUT2D eigenvalue weighted by atomic mass is 16.5. The Hall–Kier alpha value is -2.40. The number of H-pyrrole nitrogens is 1. The van der Waals surface area contributed by atoms with Gasteiger partial charge in [-0.15, -0.1) is 0 Å². The van der Waals surface area contributed by atoms with Crippen molar-refractivity contribution < 1.29 is 9.53 Å². The number of carbonyl (C=O) groups excluding carboxylic acids is 1. The Morgan fingerprint density at radius 1 is 1.35 bits per heavy atom. The molecule has 1 aliphatic heterocycles. The van der Waals surface area contributed by atoms with Gasteiger partial charge in [0, 0.05) is 23.9 Å². The molecule has 1 unspecified atom stereocenters. The molecule has 0 radical (unpaired) electrons. The van der Waals surface area contributed by atoms with Crippen molar-refractivity contribution in [3.63, 3.8) is 0 Å². The van der Waals surface area contributed by atoms with Crippen LogP contribution in [0.5, 0.6) is 0 Å². The molecule has 5 heteroatoms. The fourth-order valence-corrected chi connectivity index (χ4v) is 2.86. The number of hydrogen-bond acceptors (Lipinski definition) is 3. The molecular formula is C18H20N2O3. The van der Waals surface area contributed by atoms with E-state index < -0.39 is 0 Å². The topological polar surface area (TPSA) is 71.2 Å². The molecule has 0 spiro atoms. The Kier molecular flexibility index (Phi) is 4.57. The summed E-state index contributed by atoms with van der Waals surface area (Å²) in [4.78, 5) is 26.6. The summed E-state index contributed by atoms with van der Waals surface area (Å²) in [5.74, 6) is -0.252. The molecule has 1 aliphatic rings. The van der Waals surface area contributed by atoms with Crippen molar-refractivity contribution in [3.05, 3.63) is 69.1 Å². The zero-order chi connectivity index (χ0) is 16.2. The van der Waals surface area contributed by atoms with Gasteiger partial charge in [-0.2, -0.15) is 0 Å². The first-order chi connectivity index (χ1) is 11.2. The van der Waals surface area contributed by atoms with Crippen molar-refractivity contribution in [3.8, 4) is 0 Å². The molecule has 120 valence electrons. The average Bonchev–Trinajstić information content (AvgIpc) is 2.59. The van der Waals surface area contributed by atoms with Crippen molar-refractivity contribution in [2.45, 2.75) is 25.9 Å². The van der Waals surface area contributed by atoms with Gasteiger partial charge in [-0.25, -0.2) is 0 Å². The molecule has 0 fully saturated rings. The predicted molar refractivity (Wildman–Crippen MR) is 87.6 cm³/mol. The summed E-state index contributed by atoms with van der Waals surface area (Å²) < 4.78 is 5.78. The number of amides is 1. The van der Waals surface area contributed by atoms with Gasteiger partial charge in [-0.05, 0) is 30.0 Å². The van der Waals surface area contributed by atoms with Crippen molar-refractivity contribution >= 4 is 5.91 Å². The lowest BCUT2D eigenvalue weighted by atomic mass is 9.97. The van der Waals surface area contributed by atoms with Crippen LogP contribution in [0.1, 0.15) is 40.2 Å². The van der Waals surface area contributed by atoms with Gasteiger partial charge < -0.3 is 15.0 Å². The molecule has 3 rings (SSSR count). The zero-order valence-electron chi connectivity index (χ0n) is 13.1. The Labute approximate surface area is 134 Å². The maximum absolute atomic E-state index is 12.3. The van der Waals surface area contributed by atoms with Crippen LogP contribution in [0.25, 0.3) is 0 Å². The number of aromatic nitrogens is 1. The van der Waals surface area contributed by atoms with Crippen molar-refractivity contribution in [2.24, 2.45) is 0 Å². The predicted octanol–water partition coefficient (Wildman–Crippen LogP) is 1.98. The highest BCUT2D eigenvalue weighted by Crippen LogP contribution is 2.26. The minimum Gasteiger partial charge on any atom is -0.371 e. The Balaban J connectivity index is 1.71. The van der Waals surface area contributed by atoms with E-state index in [9.17, 15) is 9.59 Å². The maximum atomic E-state index is 12.3. The van der Waals surface area contributed by atoms with Crippen LogP contribution in [-0.2, 0) is 17.6 Å². The van der Waals surface area contributed by atoms with Crippen molar-refractivity contribution in [1.29, 1.82) is 0 Å². The highest BCUT2D eigenvalue weighted by molar-refractivity contribution is 5.94. The molecule has 1 aromatic carbocycles. The molecule has 2 heterocycles. The van der Waals surface area contributed by atoms with Gasteiger partial charge in [0.25, 0.3) is 5.91 Å². The van der Waals surface area contributed by atoms with E-state index >= 15 is 0 Å². The number of hydrogen-bond donors (Lipinski definition) is 2. The van der Waals surface area contributed by atoms with E-state index in [2.05, 4.69) is 16.4 Å². The number of aryl methyl sites for hydroxylation is 1. The second-order valence-electron chi connectivity index (χ2n) is 5.63. The quantitative estimate of drug-likeness (QED) is 0.907. The number of carbonyl (C=O) groups is 1. The van der Waals surface area contributed by atoms with Gasteiger partial charge in [0.05, 0.1) is 6.61 Å². The summed E-state index contributed by atoms with van der Waals surface area (Å²) in [5.41, 5.74) is 3.27. The number of ether oxygens (including phenoxy) is 1. The normalized spacial score (nSPS) is 16.7. The van der Waals surface area contributed by atoms with Crippen LogP contribution in [0.2, 0.25) is 0 Å². The van der Waals surface area contributed by atoms with Gasteiger partial charge >= 0.3 is 0 Å². The molecule has 0 saturated carbocycles. The van der Waals surface area contributed by atoms with Crippen LogP contribution in [-0.4, -0.2) is 24.0 Å². The van der Waals surface area contributed by atoms with E-state index in [1.807, 2.05) is 25.1 Å². The second-order valence-corrected chi connectivity index (χ2v) is 5.63. The van der Waals surface area contributed by atoms with Crippen LogP contribution in [0, 0.1) is 0 Å². The van der Waals surface area contributed by atoms with Gasteiger partial charge in [-0.3, -0.25) is 9.59 Å². The van der Waals surface area contributed by atoms with Gasteiger partial charge in [0.15, 0.2) is 0 Å². The summed E-state index contributed by atoms with van der Waals surface area (Å²) in [6.45, 7) is 2.98. The highest BCUT2D eigenvalue weighted by Gasteiger charge is 2.21. The lowest BCUT2D eigenvalue weighted by molar-refractivity contribution is 0.0411. The average molecular weight is 312 g/mol. The molecule has 23 heavy (non-hydrogen) atoms. The number of pyridine rings is 1. The number of rotatable bonds is 4. The largest absolute Gasteiger partial charge is 0.371 e. The van der Waals surface area contributed by atoms with E-state index in [4.69, 9.17) is 4.74 Å². The lowest BCUT2D eigenvalue weighted by Crippen LogP contribution is -2.32. The Morgan fingerprint density at radius 2 is 2.17 bits per heavy atom. The molecule has 1 atom stereocenters. The van der Waals surface area contributed by atoms with Crippen LogP contribution < -0.4 is 10.9 Å². The van der Waals surface area contributed by atoms with E-state index in [-0.39, 0.29) is 17.6 Å². The van der Waals surface area contributed by atoms with Crippen LogP contribution in [0.4, 0.5) is 0 Å². The van der Waals surface area contributed by atoms with Gasteiger partial charge in [0.1, 0.15) is 6.10 Å². The third-order valence-electron chi connectivity index (χ3n) is 4.08. The molecule has 0 saturated heterocycles. The summed E-state index contributed by atoms with van der Waals surface area (Å²) in [6, 6.07) is 11.2. The van der Waals surface area contributed by atoms with E-state index in [1.54, 1.807) is 6.07 Å². The van der Waals surface area contributed by atoms with Crippen LogP contribution in [0.15, 0.2) is 41.2 Å². The van der Waals surface area contributed by atoms with E-state index in [0.717, 1.165) is 17.7 Å². The number of aromatic amines is 1. The third-order valence-corrected chi connectivity index (χ3v) is 4.08. The SMILES string of the molecule is CCc1cc(C(=O)NCC2OCCc3ccccc32)cc(=O)[nH]1. The molecular weight excluding hydrogens is 292 g/mol. The monoisotopic (exact) mass is 312 g/mol. The molecule has 2 N–H and O–H groups in total.